The summed E-state index contributed by atoms with van der Waals surface area (Å²) in [4.78, 5) is -0.631. The molecule has 1 heterocycles. The van der Waals surface area contributed by atoms with Crippen molar-refractivity contribution in [2.45, 2.75) is 16.6 Å². The lowest BCUT2D eigenvalue weighted by atomic mass is 10.2. The van der Waals surface area contributed by atoms with Crippen LogP contribution < -0.4 is 5.73 Å². The second-order valence-electron chi connectivity index (χ2n) is 4.42. The molecule has 0 aliphatic heterocycles. The van der Waals surface area contributed by atoms with Crippen LogP contribution in [0.25, 0.3) is 5.69 Å². The van der Waals surface area contributed by atoms with Gasteiger partial charge >= 0.3 is 11.7 Å². The Bertz CT molecular complexity index is 845. The largest absolute Gasteiger partial charge is 0.446 e. The molecule has 0 saturated carbocycles. The lowest BCUT2D eigenvalue weighted by Gasteiger charge is -2.14. The van der Waals surface area contributed by atoms with E-state index in [1.807, 2.05) is 0 Å². The number of nitrogens with zero attached hydrogens (tertiary/aromatic N) is 3. The highest BCUT2D eigenvalue weighted by Crippen LogP contribution is 2.44. The quantitative estimate of drug-likeness (QED) is 0.430. The van der Waals surface area contributed by atoms with Gasteiger partial charge < -0.3 is 5.73 Å². The Morgan fingerprint density at radius 1 is 1.12 bits per heavy atom. The van der Waals surface area contributed by atoms with E-state index in [4.69, 9.17) is 11.0 Å². The van der Waals surface area contributed by atoms with Crippen LogP contribution in [0.15, 0.2) is 26.0 Å². The van der Waals surface area contributed by atoms with E-state index in [9.17, 15) is 26.3 Å². The number of benzene rings is 1. The summed E-state index contributed by atoms with van der Waals surface area (Å²) in [5, 5.41) is 12.6. The van der Waals surface area contributed by atoms with E-state index in [-0.39, 0.29) is 14.6 Å². The molecule has 0 fully saturated rings. The van der Waals surface area contributed by atoms with E-state index in [2.05, 4.69) is 37.0 Å². The van der Waals surface area contributed by atoms with Crippen LogP contribution in [-0.2, 0) is 6.18 Å². The predicted molar refractivity (Wildman–Crippen MR) is 85.0 cm³/mol. The molecule has 0 aliphatic carbocycles. The van der Waals surface area contributed by atoms with Crippen molar-refractivity contribution < 1.29 is 26.3 Å². The van der Waals surface area contributed by atoms with E-state index >= 15 is 0 Å². The van der Waals surface area contributed by atoms with Gasteiger partial charge in [0.2, 0.25) is 0 Å². The van der Waals surface area contributed by atoms with E-state index in [1.54, 1.807) is 0 Å². The standard InChI is InChI=1S/C12H4Br2F6N4S/c13-5-1-4(11(15,16)17)2-6(14)8(5)24-10(22)9(7(3-21)23-24)25-12(18,19)20/h1-2H,22H2. The summed E-state index contributed by atoms with van der Waals surface area (Å²) in [6, 6.07) is 2.93. The van der Waals surface area contributed by atoms with Crippen LogP contribution in [0.4, 0.5) is 32.2 Å². The fraction of sp³-hybridized carbons (Fsp3) is 0.167. The van der Waals surface area contributed by atoms with Crippen molar-refractivity contribution in [1.82, 2.24) is 9.78 Å². The highest BCUT2D eigenvalue weighted by molar-refractivity contribution is 9.11. The number of alkyl halides is 6. The van der Waals surface area contributed by atoms with Crippen LogP contribution in [0.1, 0.15) is 11.3 Å². The summed E-state index contributed by atoms with van der Waals surface area (Å²) in [7, 11) is 0. The number of hydrogen-bond donors (Lipinski definition) is 1. The third-order valence-electron chi connectivity index (χ3n) is 2.76. The van der Waals surface area contributed by atoms with Gasteiger partial charge in [0.1, 0.15) is 11.9 Å². The molecular formula is C12H4Br2F6N4S. The molecule has 25 heavy (non-hydrogen) atoms. The first-order chi connectivity index (χ1) is 11.3. The first-order valence-corrected chi connectivity index (χ1v) is 8.36. The molecule has 0 spiro atoms. The average Bonchev–Trinajstić information content (AvgIpc) is 2.73. The molecule has 0 amide bonds. The zero-order chi connectivity index (χ0) is 19.2. The zero-order valence-electron chi connectivity index (χ0n) is 11.5. The Kier molecular flexibility index (Phi) is 5.36. The molecule has 13 heteroatoms. The fourth-order valence-corrected chi connectivity index (χ4v) is 3.94. The lowest BCUT2D eigenvalue weighted by molar-refractivity contribution is -0.137. The first kappa shape index (κ1) is 19.9. The number of nitrogen functional groups attached to an aromatic ring is 1. The summed E-state index contributed by atoms with van der Waals surface area (Å²) in [5.74, 6) is -0.528. The number of halogens is 8. The maximum Gasteiger partial charge on any atom is 0.446 e. The Hall–Kier alpha value is -1.39. The Labute approximate surface area is 157 Å². The van der Waals surface area contributed by atoms with Gasteiger partial charge in [-0.25, -0.2) is 4.68 Å². The fourth-order valence-electron chi connectivity index (χ4n) is 1.81. The molecule has 0 bridgehead atoms. The third-order valence-corrected chi connectivity index (χ3v) is 4.80. The third kappa shape index (κ3) is 4.24. The molecule has 2 N–H and O–H groups in total. The number of anilines is 1. The zero-order valence-corrected chi connectivity index (χ0v) is 15.5. The predicted octanol–water partition coefficient (Wildman–Crippen LogP) is 5.48. The highest BCUT2D eigenvalue weighted by Gasteiger charge is 2.35. The summed E-state index contributed by atoms with van der Waals surface area (Å²) in [6.45, 7) is 0. The van der Waals surface area contributed by atoms with Gasteiger partial charge in [0, 0.05) is 8.95 Å². The molecule has 0 radical (unpaired) electrons. The second kappa shape index (κ2) is 6.73. The minimum Gasteiger partial charge on any atom is -0.383 e. The molecule has 0 aliphatic rings. The van der Waals surface area contributed by atoms with Crippen LogP contribution in [0.2, 0.25) is 0 Å². The number of aromatic nitrogens is 2. The molecule has 2 aromatic rings. The van der Waals surface area contributed by atoms with Crippen LogP contribution >= 0.6 is 43.6 Å². The molecule has 2 rings (SSSR count). The maximum atomic E-state index is 12.8. The molecule has 1 aromatic carbocycles. The topological polar surface area (TPSA) is 67.6 Å². The molecule has 1 aromatic heterocycles. The summed E-state index contributed by atoms with van der Waals surface area (Å²) < 4.78 is 76.8. The lowest BCUT2D eigenvalue weighted by Crippen LogP contribution is -2.09. The van der Waals surface area contributed by atoms with Crippen molar-refractivity contribution >= 4 is 49.4 Å². The van der Waals surface area contributed by atoms with Crippen LogP contribution in [0, 0.1) is 11.3 Å². The van der Waals surface area contributed by atoms with Gasteiger partial charge in [-0.1, -0.05) is 0 Å². The molecule has 0 saturated heterocycles. The average molecular weight is 510 g/mol. The van der Waals surface area contributed by atoms with Gasteiger partial charge in [0.25, 0.3) is 0 Å². The van der Waals surface area contributed by atoms with Crippen molar-refractivity contribution in [1.29, 1.82) is 5.26 Å². The second-order valence-corrected chi connectivity index (χ2v) is 7.20. The van der Waals surface area contributed by atoms with Gasteiger partial charge in [-0.2, -0.15) is 36.7 Å². The van der Waals surface area contributed by atoms with Gasteiger partial charge in [-0.3, -0.25) is 0 Å². The summed E-state index contributed by atoms with van der Waals surface area (Å²) in [6.07, 6.45) is -4.63. The van der Waals surface area contributed by atoms with Crippen LogP contribution in [-0.4, -0.2) is 15.3 Å². The molecular weight excluding hydrogens is 506 g/mol. The first-order valence-electron chi connectivity index (χ1n) is 5.96. The molecule has 134 valence electrons. The highest BCUT2D eigenvalue weighted by atomic mass is 79.9. The minimum atomic E-state index is -4.72. The maximum absolute atomic E-state index is 12.8. The molecule has 0 unspecified atom stereocenters. The number of nitrogens with two attached hydrogens (primary N) is 1. The van der Waals surface area contributed by atoms with Crippen molar-refractivity contribution in [2.75, 3.05) is 5.73 Å². The van der Waals surface area contributed by atoms with E-state index in [1.165, 1.54) is 6.07 Å². The Morgan fingerprint density at radius 3 is 2.04 bits per heavy atom. The van der Waals surface area contributed by atoms with Crippen molar-refractivity contribution in [3.05, 3.63) is 32.3 Å². The van der Waals surface area contributed by atoms with E-state index in [0.717, 1.165) is 16.8 Å². The SMILES string of the molecule is N#Cc1nn(-c2c(Br)cc(C(F)(F)F)cc2Br)c(N)c1SC(F)(F)F. The van der Waals surface area contributed by atoms with Gasteiger partial charge in [0.15, 0.2) is 5.69 Å². The Morgan fingerprint density at radius 2 is 1.64 bits per heavy atom. The van der Waals surface area contributed by atoms with Crippen molar-refractivity contribution in [2.24, 2.45) is 0 Å². The van der Waals surface area contributed by atoms with Crippen molar-refractivity contribution in [3.8, 4) is 11.8 Å². The number of rotatable bonds is 2. The Balaban J connectivity index is 2.66. The van der Waals surface area contributed by atoms with E-state index in [0.29, 0.717) is 0 Å². The van der Waals surface area contributed by atoms with Gasteiger partial charge in [-0.15, -0.1) is 0 Å². The van der Waals surface area contributed by atoms with Crippen LogP contribution in [0.3, 0.4) is 0 Å². The summed E-state index contributed by atoms with van der Waals surface area (Å²) in [5.41, 5.74) is -0.741. The summed E-state index contributed by atoms with van der Waals surface area (Å²) >= 11 is 5.21. The van der Waals surface area contributed by atoms with Gasteiger partial charge in [-0.05, 0) is 55.8 Å². The normalized spacial score (nSPS) is 12.3. The smallest absolute Gasteiger partial charge is 0.383 e. The van der Waals surface area contributed by atoms with Crippen molar-refractivity contribution in [3.63, 3.8) is 0 Å². The minimum absolute atomic E-state index is 0.0731. The number of hydrogen-bond acceptors (Lipinski definition) is 4. The van der Waals surface area contributed by atoms with Gasteiger partial charge in [0.05, 0.1) is 16.1 Å². The molecule has 0 atom stereocenters. The van der Waals surface area contributed by atoms with E-state index < -0.39 is 45.4 Å². The monoisotopic (exact) mass is 508 g/mol. The number of thioether (sulfide) groups is 1. The molecule has 4 nitrogen and oxygen atoms in total. The van der Waals surface area contributed by atoms with Crippen LogP contribution in [0.5, 0.6) is 0 Å². The number of nitriles is 1.